The van der Waals surface area contributed by atoms with Crippen molar-refractivity contribution in [3.05, 3.63) is 47.1 Å². The Kier molecular flexibility index (Phi) is 1.70. The van der Waals surface area contributed by atoms with E-state index in [9.17, 15) is 0 Å². The second-order valence-corrected chi connectivity index (χ2v) is 2.78. The minimum absolute atomic E-state index is 0.612. The molecule has 0 atom stereocenters. The molecule has 0 radical (unpaired) electrons. The van der Waals surface area contributed by atoms with Crippen molar-refractivity contribution in [2.45, 2.75) is 0 Å². The summed E-state index contributed by atoms with van der Waals surface area (Å²) in [6, 6.07) is 7.79. The molecule has 0 saturated heterocycles. The van der Waals surface area contributed by atoms with E-state index < -0.39 is 0 Å². The maximum Gasteiger partial charge on any atom is 0.108 e. The lowest BCUT2D eigenvalue weighted by Gasteiger charge is -2.03. The molecule has 0 spiro atoms. The molecule has 0 fully saturated rings. The van der Waals surface area contributed by atoms with Gasteiger partial charge in [0.1, 0.15) is 5.71 Å². The fourth-order valence-corrected chi connectivity index (χ4v) is 1.26. The molecule has 1 aromatic rings. The first-order valence-electron chi connectivity index (χ1n) is 3.94. The molecule has 0 unspecified atom stereocenters. The maximum atomic E-state index is 5.19. The Morgan fingerprint density at radius 1 is 1.31 bits per heavy atom. The Balaban J connectivity index is 2.81. The van der Waals surface area contributed by atoms with Crippen molar-refractivity contribution in [1.29, 1.82) is 0 Å². The third-order valence-electron chi connectivity index (χ3n) is 1.92. The summed E-state index contributed by atoms with van der Waals surface area (Å²) in [7, 11) is 0. The predicted molar refractivity (Wildman–Crippen MR) is 52.5 cm³/mol. The van der Waals surface area contributed by atoms with Crippen molar-refractivity contribution >= 4 is 11.8 Å². The van der Waals surface area contributed by atoms with Crippen molar-refractivity contribution in [3.8, 4) is 0 Å². The van der Waals surface area contributed by atoms with E-state index in [0.717, 1.165) is 10.6 Å². The molecular formula is C10H9N3. The van der Waals surface area contributed by atoms with Crippen LogP contribution in [0.2, 0.25) is 0 Å². The zero-order chi connectivity index (χ0) is 9.26. The third kappa shape index (κ3) is 1.24. The molecule has 1 aliphatic rings. The molecule has 1 aromatic carbocycles. The zero-order valence-electron chi connectivity index (χ0n) is 7.07. The van der Waals surface area contributed by atoms with Gasteiger partial charge in [0.2, 0.25) is 0 Å². The van der Waals surface area contributed by atoms with Gasteiger partial charge in [-0.25, -0.2) is 4.99 Å². The van der Waals surface area contributed by atoms with Crippen molar-refractivity contribution in [1.82, 2.24) is 0 Å². The number of nitrogens with zero attached hydrogens (tertiary/aromatic N) is 2. The highest BCUT2D eigenvalue weighted by molar-refractivity contribution is 6.20. The van der Waals surface area contributed by atoms with Crippen LogP contribution in [0.3, 0.4) is 0 Å². The fourth-order valence-electron chi connectivity index (χ4n) is 1.26. The summed E-state index contributed by atoms with van der Waals surface area (Å²) >= 11 is 0. The molecule has 0 bridgehead atoms. The second kappa shape index (κ2) is 2.86. The predicted octanol–water partition coefficient (Wildman–Crippen LogP) is -0.0713. The van der Waals surface area contributed by atoms with Crippen LogP contribution in [0.15, 0.2) is 46.6 Å². The van der Waals surface area contributed by atoms with Crippen LogP contribution in [0.4, 0.5) is 0 Å². The van der Waals surface area contributed by atoms with Gasteiger partial charge in [-0.3, -0.25) is 0 Å². The van der Waals surface area contributed by atoms with Gasteiger partial charge in [-0.1, -0.05) is 24.8 Å². The lowest BCUT2D eigenvalue weighted by atomic mass is 10.1. The summed E-state index contributed by atoms with van der Waals surface area (Å²) in [6.07, 6.45) is 1.88. The largest absolute Gasteiger partial charge is 0.323 e. The monoisotopic (exact) mass is 171 g/mol. The van der Waals surface area contributed by atoms with E-state index in [1.165, 1.54) is 0 Å². The summed E-state index contributed by atoms with van der Waals surface area (Å²) < 4.78 is 0. The van der Waals surface area contributed by atoms with E-state index in [2.05, 4.69) is 16.7 Å². The van der Waals surface area contributed by atoms with Crippen molar-refractivity contribution in [3.63, 3.8) is 0 Å². The molecule has 3 nitrogen and oxygen atoms in total. The Hall–Kier alpha value is -1.90. The molecule has 13 heavy (non-hydrogen) atoms. The number of para-hydroxylation sites is 1. The van der Waals surface area contributed by atoms with Gasteiger partial charge in [0.25, 0.3) is 0 Å². The van der Waals surface area contributed by atoms with Crippen LogP contribution in [0.5, 0.6) is 0 Å². The lowest BCUT2D eigenvalue weighted by Crippen LogP contribution is -2.30. The molecule has 0 aromatic heterocycles. The normalized spacial score (nSPS) is 17.5. The number of benzene rings is 1. The summed E-state index contributed by atoms with van der Waals surface area (Å²) in [5.74, 6) is 5.19. The van der Waals surface area contributed by atoms with Gasteiger partial charge in [0, 0.05) is 5.22 Å². The van der Waals surface area contributed by atoms with Crippen LogP contribution in [0.25, 0.3) is 6.08 Å². The number of fused-ring (bicyclic) bond motifs is 1. The summed E-state index contributed by atoms with van der Waals surface area (Å²) in [5.41, 5.74) is 1.25. The zero-order valence-corrected chi connectivity index (χ0v) is 7.07. The molecule has 64 valence electrons. The van der Waals surface area contributed by atoms with Gasteiger partial charge in [-0.2, -0.15) is 5.10 Å². The van der Waals surface area contributed by atoms with Gasteiger partial charge in [-0.05, 0) is 12.1 Å². The quantitative estimate of drug-likeness (QED) is 0.431. The molecule has 2 rings (SSSR count). The minimum Gasteiger partial charge on any atom is -0.323 e. The Morgan fingerprint density at radius 3 is 2.85 bits per heavy atom. The van der Waals surface area contributed by atoms with E-state index in [0.29, 0.717) is 11.4 Å². The van der Waals surface area contributed by atoms with E-state index in [1.54, 1.807) is 0 Å². The Labute approximate surface area is 75.6 Å². The SMILES string of the molecule is C=C1N=c2ccccc2=CC1=NN. The molecule has 3 heteroatoms. The minimum atomic E-state index is 0.612. The fraction of sp³-hybridized carbons (Fsp3) is 0. The van der Waals surface area contributed by atoms with Gasteiger partial charge < -0.3 is 5.84 Å². The number of hydrazone groups is 1. The first-order chi connectivity index (χ1) is 6.31. The van der Waals surface area contributed by atoms with Gasteiger partial charge in [-0.15, -0.1) is 0 Å². The Morgan fingerprint density at radius 2 is 2.08 bits per heavy atom. The van der Waals surface area contributed by atoms with E-state index in [-0.39, 0.29) is 0 Å². The number of hydrogen-bond donors (Lipinski definition) is 1. The first kappa shape index (κ1) is 7.73. The highest BCUT2D eigenvalue weighted by atomic mass is 15.1. The highest BCUT2D eigenvalue weighted by Crippen LogP contribution is 1.98. The van der Waals surface area contributed by atoms with E-state index in [4.69, 9.17) is 5.84 Å². The van der Waals surface area contributed by atoms with Gasteiger partial charge in [0.15, 0.2) is 0 Å². The molecule has 0 amide bonds. The Bertz CT molecular complexity index is 497. The topological polar surface area (TPSA) is 50.7 Å². The smallest absolute Gasteiger partial charge is 0.108 e. The van der Waals surface area contributed by atoms with Crippen LogP contribution in [-0.2, 0) is 0 Å². The summed E-state index contributed by atoms with van der Waals surface area (Å²) in [6.45, 7) is 3.76. The van der Waals surface area contributed by atoms with Crippen LogP contribution >= 0.6 is 0 Å². The standard InChI is InChI=1S/C10H9N3/c1-7-10(13-11)6-8-4-2-3-5-9(8)12-7/h2-6H,1,11H2. The third-order valence-corrected chi connectivity index (χ3v) is 1.92. The van der Waals surface area contributed by atoms with Crippen LogP contribution in [0, 0.1) is 0 Å². The molecular weight excluding hydrogens is 162 g/mol. The lowest BCUT2D eigenvalue weighted by molar-refractivity contribution is 1.20. The maximum absolute atomic E-state index is 5.19. The number of allylic oxidation sites excluding steroid dienone is 1. The molecule has 2 N–H and O–H groups in total. The molecule has 0 aliphatic carbocycles. The highest BCUT2D eigenvalue weighted by Gasteiger charge is 2.04. The van der Waals surface area contributed by atoms with Crippen LogP contribution in [-0.4, -0.2) is 5.71 Å². The van der Waals surface area contributed by atoms with Crippen LogP contribution < -0.4 is 16.4 Å². The average Bonchev–Trinajstić information content (AvgIpc) is 2.17. The van der Waals surface area contributed by atoms with Gasteiger partial charge >= 0.3 is 0 Å². The van der Waals surface area contributed by atoms with Crippen molar-refractivity contribution in [2.75, 3.05) is 0 Å². The average molecular weight is 171 g/mol. The summed E-state index contributed by atoms with van der Waals surface area (Å²) in [4.78, 5) is 4.26. The van der Waals surface area contributed by atoms with E-state index >= 15 is 0 Å². The van der Waals surface area contributed by atoms with Gasteiger partial charge in [0.05, 0.1) is 11.1 Å². The number of rotatable bonds is 0. The number of nitrogens with two attached hydrogens (primary N) is 1. The molecule has 1 aliphatic heterocycles. The van der Waals surface area contributed by atoms with Crippen molar-refractivity contribution < 1.29 is 0 Å². The second-order valence-electron chi connectivity index (χ2n) is 2.78. The van der Waals surface area contributed by atoms with E-state index in [1.807, 2.05) is 30.3 Å². The van der Waals surface area contributed by atoms with Crippen molar-refractivity contribution in [2.24, 2.45) is 15.9 Å². The number of hydrogen-bond acceptors (Lipinski definition) is 3. The molecule has 1 heterocycles. The van der Waals surface area contributed by atoms with Crippen LogP contribution in [0.1, 0.15) is 0 Å². The first-order valence-corrected chi connectivity index (χ1v) is 3.94. The molecule has 0 saturated carbocycles. The summed E-state index contributed by atoms with van der Waals surface area (Å²) in [5, 5.41) is 5.54.